The Balaban J connectivity index is 0.991. The number of carboxylic acid groups (broad SMARTS) is 1. The molecule has 1 aromatic heterocycles. The van der Waals surface area contributed by atoms with Crippen LogP contribution in [0.25, 0.3) is 22.4 Å². The molecule has 0 aliphatic carbocycles. The second-order valence-corrected chi connectivity index (χ2v) is 16.0. The van der Waals surface area contributed by atoms with Gasteiger partial charge >= 0.3 is 12.2 Å². The summed E-state index contributed by atoms with van der Waals surface area (Å²) in [5.74, 6) is -1.08. The molecule has 6 amide bonds. The first kappa shape index (κ1) is 41.9. The zero-order valence-electron chi connectivity index (χ0n) is 34.0. The molecule has 2 fully saturated rings. The highest BCUT2D eigenvalue weighted by Crippen LogP contribution is 2.29. The molecule has 2 aliphatic heterocycles. The number of likely N-dealkylation sites (tertiary alicyclic amines) is 2. The number of amides is 6. The van der Waals surface area contributed by atoms with Crippen molar-refractivity contribution in [1.82, 2.24) is 30.4 Å². The first-order valence-corrected chi connectivity index (χ1v) is 20.2. The normalized spacial score (nSPS) is 17.3. The number of H-pyrrole nitrogens is 1. The number of aromatic amines is 1. The van der Waals surface area contributed by atoms with Crippen molar-refractivity contribution in [2.75, 3.05) is 23.7 Å². The first-order valence-electron chi connectivity index (χ1n) is 20.2. The largest absolute Gasteiger partial charge is 0.465 e. The molecule has 0 spiro atoms. The summed E-state index contributed by atoms with van der Waals surface area (Å²) >= 11 is 0. The van der Waals surface area contributed by atoms with Crippen molar-refractivity contribution in [1.29, 1.82) is 0 Å². The smallest absolute Gasteiger partial charge is 0.408 e. The molecule has 316 valence electrons. The number of ether oxygens (including phenoxy) is 1. The maximum absolute atomic E-state index is 14.0. The van der Waals surface area contributed by atoms with Crippen LogP contribution in [0, 0.1) is 0 Å². The minimum absolute atomic E-state index is 0.320. The van der Waals surface area contributed by atoms with E-state index in [1.54, 1.807) is 118 Å². The van der Waals surface area contributed by atoms with Gasteiger partial charge in [0.25, 0.3) is 11.8 Å². The molecule has 2 saturated heterocycles. The highest BCUT2D eigenvalue weighted by molar-refractivity contribution is 6.01. The van der Waals surface area contributed by atoms with Gasteiger partial charge in [-0.2, -0.15) is 0 Å². The van der Waals surface area contributed by atoms with E-state index in [1.807, 2.05) is 6.07 Å². The number of anilines is 2. The molecular weight excluding hydrogens is 781 g/mol. The van der Waals surface area contributed by atoms with Crippen molar-refractivity contribution in [3.8, 4) is 11.4 Å². The number of nitrogens with zero attached hydrogens (tertiary/aromatic N) is 3. The molecule has 4 atom stereocenters. The molecule has 4 aromatic carbocycles. The quantitative estimate of drug-likeness (QED) is 0.0872. The third-order valence-corrected chi connectivity index (χ3v) is 10.5. The van der Waals surface area contributed by atoms with Crippen LogP contribution in [0.1, 0.15) is 69.7 Å². The summed E-state index contributed by atoms with van der Waals surface area (Å²) in [4.78, 5) is 90.1. The molecule has 0 radical (unpaired) electrons. The Bertz CT molecular complexity index is 2420. The van der Waals surface area contributed by atoms with Crippen LogP contribution in [0.5, 0.6) is 0 Å². The van der Waals surface area contributed by atoms with E-state index in [1.165, 1.54) is 9.80 Å². The van der Waals surface area contributed by atoms with Gasteiger partial charge in [0, 0.05) is 30.0 Å². The zero-order valence-corrected chi connectivity index (χ0v) is 34.0. The predicted octanol–water partition coefficient (Wildman–Crippen LogP) is 6.36. The van der Waals surface area contributed by atoms with Crippen molar-refractivity contribution in [2.24, 2.45) is 0 Å². The van der Waals surface area contributed by atoms with Crippen LogP contribution in [0.3, 0.4) is 0 Å². The first-order chi connectivity index (χ1) is 29.2. The van der Waals surface area contributed by atoms with Crippen LogP contribution in [0.4, 0.5) is 21.0 Å². The Labute approximate surface area is 352 Å². The number of benzene rings is 4. The number of alkyl carbamates (subject to hydrolysis) is 1. The highest BCUT2D eigenvalue weighted by Gasteiger charge is 2.40. The average Bonchev–Trinajstić information content (AvgIpc) is 4.02. The lowest BCUT2D eigenvalue weighted by molar-refractivity contribution is -0.138. The maximum atomic E-state index is 14.0. The van der Waals surface area contributed by atoms with Crippen LogP contribution in [-0.2, 0) is 23.9 Å². The number of carbonyl (C=O) groups excluding carboxylic acids is 5. The van der Waals surface area contributed by atoms with E-state index < -0.39 is 53.8 Å². The van der Waals surface area contributed by atoms with Gasteiger partial charge in [-0.15, -0.1) is 0 Å². The molecule has 6 N–H and O–H groups in total. The van der Waals surface area contributed by atoms with Gasteiger partial charge in [0.15, 0.2) is 0 Å². The molecule has 2 aliphatic rings. The second-order valence-electron chi connectivity index (χ2n) is 16.0. The molecule has 5 aromatic rings. The number of imidazole rings is 1. The standard InChI is InChI=1S/C45H48N8O8/c1-45(2,3)61-44(60)51-37(28-14-8-5-9-15-28)42(57)53-25-11-17-35(53)40(55)47-31-22-23-32-33(26-31)49-38(48-32)29-18-20-30(21-19-29)46-39(54)34-16-10-24-52(34)41(56)36(50-43(58)59)27-12-6-4-7-13-27/h4-9,12-15,18-23,26,34-37,50H,10-11,16-17,24-25H2,1-3H3,(H,46,54)(H,47,55)(H,48,49)(H,51,60)(H,58,59)/t34-,35-,36-,37-/m0/s1. The molecule has 61 heavy (non-hydrogen) atoms. The minimum Gasteiger partial charge on any atom is -0.465 e. The number of nitrogens with one attached hydrogen (secondary N) is 5. The van der Waals surface area contributed by atoms with Gasteiger partial charge in [-0.3, -0.25) is 19.2 Å². The monoisotopic (exact) mass is 828 g/mol. The Morgan fingerprint density at radius 1 is 0.705 bits per heavy atom. The van der Waals surface area contributed by atoms with Crippen molar-refractivity contribution >= 4 is 58.2 Å². The highest BCUT2D eigenvalue weighted by atomic mass is 16.6. The minimum atomic E-state index is -1.34. The topological polar surface area (TPSA) is 215 Å². The van der Waals surface area contributed by atoms with Gasteiger partial charge < -0.3 is 45.9 Å². The Morgan fingerprint density at radius 2 is 1.21 bits per heavy atom. The molecule has 0 bridgehead atoms. The van der Waals surface area contributed by atoms with Crippen molar-refractivity contribution < 1.29 is 38.6 Å². The van der Waals surface area contributed by atoms with Crippen LogP contribution in [-0.4, -0.2) is 91.5 Å². The third kappa shape index (κ3) is 9.98. The van der Waals surface area contributed by atoms with Gasteiger partial charge in [-0.05, 0) is 100 Å². The maximum Gasteiger partial charge on any atom is 0.408 e. The number of hydrogen-bond donors (Lipinski definition) is 6. The fourth-order valence-corrected chi connectivity index (χ4v) is 7.74. The average molecular weight is 829 g/mol. The number of carbonyl (C=O) groups is 6. The van der Waals surface area contributed by atoms with Gasteiger partial charge in [-0.1, -0.05) is 60.7 Å². The molecular formula is C45H48N8O8. The molecule has 7 rings (SSSR count). The van der Waals surface area contributed by atoms with Gasteiger partial charge in [0.1, 0.15) is 35.6 Å². The van der Waals surface area contributed by atoms with E-state index in [-0.39, 0.29) is 11.8 Å². The number of aromatic nitrogens is 2. The fourth-order valence-electron chi connectivity index (χ4n) is 7.74. The lowest BCUT2D eigenvalue weighted by Crippen LogP contribution is -2.49. The second kappa shape index (κ2) is 17.9. The van der Waals surface area contributed by atoms with Crippen LogP contribution in [0.2, 0.25) is 0 Å². The van der Waals surface area contributed by atoms with E-state index in [0.717, 1.165) is 5.56 Å². The summed E-state index contributed by atoms with van der Waals surface area (Å²) in [7, 11) is 0. The number of rotatable bonds is 11. The Morgan fingerprint density at radius 3 is 1.74 bits per heavy atom. The molecule has 0 saturated carbocycles. The molecule has 0 unspecified atom stereocenters. The molecule has 16 nitrogen and oxygen atoms in total. The lowest BCUT2D eigenvalue weighted by atomic mass is 10.0. The van der Waals surface area contributed by atoms with E-state index in [9.17, 15) is 33.9 Å². The summed E-state index contributed by atoms with van der Waals surface area (Å²) in [6.07, 6.45) is 0.0175. The predicted molar refractivity (Wildman–Crippen MR) is 227 cm³/mol. The molecule has 3 heterocycles. The summed E-state index contributed by atoms with van der Waals surface area (Å²) in [6.45, 7) is 5.88. The van der Waals surface area contributed by atoms with Gasteiger partial charge in [0.05, 0.1) is 11.0 Å². The summed E-state index contributed by atoms with van der Waals surface area (Å²) in [6, 6.07) is 26.0. The van der Waals surface area contributed by atoms with Crippen molar-refractivity contribution in [2.45, 2.75) is 76.2 Å². The Kier molecular flexibility index (Phi) is 12.3. The molecule has 16 heteroatoms. The number of fused-ring (bicyclic) bond motifs is 1. The van der Waals surface area contributed by atoms with Crippen LogP contribution in [0.15, 0.2) is 103 Å². The van der Waals surface area contributed by atoms with E-state index in [2.05, 4.69) is 26.3 Å². The van der Waals surface area contributed by atoms with Gasteiger partial charge in [-0.25, -0.2) is 14.6 Å². The van der Waals surface area contributed by atoms with E-state index in [0.29, 0.717) is 78.1 Å². The van der Waals surface area contributed by atoms with Crippen molar-refractivity contribution in [3.05, 3.63) is 114 Å². The van der Waals surface area contributed by atoms with E-state index in [4.69, 9.17) is 9.72 Å². The SMILES string of the molecule is CC(C)(C)OC(=O)N[C@H](C(=O)N1CCC[C@H]1C(=O)Nc1ccc2nc(-c3ccc(NC(=O)[C@@H]4CCCN4C(=O)[C@@H](NC(=O)O)c4ccccc4)cc3)[nH]c2c1)c1ccccc1. The third-order valence-electron chi connectivity index (χ3n) is 10.5. The van der Waals surface area contributed by atoms with Crippen LogP contribution < -0.4 is 21.3 Å². The summed E-state index contributed by atoms with van der Waals surface area (Å²) < 4.78 is 5.44. The van der Waals surface area contributed by atoms with E-state index >= 15 is 0 Å². The van der Waals surface area contributed by atoms with Crippen LogP contribution >= 0.6 is 0 Å². The lowest BCUT2D eigenvalue weighted by Gasteiger charge is -2.29. The Hall–Kier alpha value is -7.23. The summed E-state index contributed by atoms with van der Waals surface area (Å²) in [5, 5.41) is 20.3. The number of hydrogen-bond acceptors (Lipinski definition) is 8. The zero-order chi connectivity index (χ0) is 43.3. The fraction of sp³-hybridized carbons (Fsp3) is 0.311. The summed E-state index contributed by atoms with van der Waals surface area (Å²) in [5.41, 5.74) is 3.34. The van der Waals surface area contributed by atoms with Crippen molar-refractivity contribution in [3.63, 3.8) is 0 Å². The van der Waals surface area contributed by atoms with Gasteiger partial charge in [0.2, 0.25) is 11.8 Å².